The van der Waals surface area contributed by atoms with E-state index in [4.69, 9.17) is 4.74 Å². The predicted molar refractivity (Wildman–Crippen MR) is 109 cm³/mol. The van der Waals surface area contributed by atoms with Gasteiger partial charge in [0.15, 0.2) is 0 Å². The highest BCUT2D eigenvalue weighted by molar-refractivity contribution is 5.78. The molecule has 170 valence electrons. The number of hydrogen-bond donors (Lipinski definition) is 3. The van der Waals surface area contributed by atoms with Crippen LogP contribution in [0.2, 0.25) is 0 Å². The SMILES string of the molecule is Cc1ncnc2c1ccn2C1CC(Oc2cc(C(F)(F)F)cc3c2CNCC3)C(O)C1O. The van der Waals surface area contributed by atoms with Gasteiger partial charge in [-0.2, -0.15) is 13.2 Å². The molecule has 0 amide bonds. The zero-order valence-corrected chi connectivity index (χ0v) is 17.3. The van der Waals surface area contributed by atoms with Crippen molar-refractivity contribution in [1.82, 2.24) is 19.9 Å². The van der Waals surface area contributed by atoms with E-state index >= 15 is 0 Å². The van der Waals surface area contributed by atoms with Crippen molar-refractivity contribution in [3.63, 3.8) is 0 Å². The van der Waals surface area contributed by atoms with E-state index in [0.717, 1.165) is 17.1 Å². The Morgan fingerprint density at radius 1 is 1.19 bits per heavy atom. The quantitative estimate of drug-likeness (QED) is 0.570. The summed E-state index contributed by atoms with van der Waals surface area (Å²) in [6.07, 6.45) is -3.92. The first-order valence-electron chi connectivity index (χ1n) is 10.5. The van der Waals surface area contributed by atoms with Crippen LogP contribution in [-0.4, -0.2) is 49.6 Å². The topological polar surface area (TPSA) is 92.4 Å². The Hall–Kier alpha value is -2.69. The molecule has 0 saturated heterocycles. The summed E-state index contributed by atoms with van der Waals surface area (Å²) < 4.78 is 48.1. The van der Waals surface area contributed by atoms with Crippen LogP contribution in [0.25, 0.3) is 11.0 Å². The summed E-state index contributed by atoms with van der Waals surface area (Å²) in [6, 6.07) is 3.45. The number of aromatic nitrogens is 3. The largest absolute Gasteiger partial charge is 0.487 e. The molecule has 3 aromatic rings. The fraction of sp³-hybridized carbons (Fsp3) is 0.455. The van der Waals surface area contributed by atoms with Gasteiger partial charge >= 0.3 is 6.18 Å². The molecule has 5 rings (SSSR count). The van der Waals surface area contributed by atoms with Gasteiger partial charge in [0.05, 0.1) is 17.3 Å². The van der Waals surface area contributed by atoms with E-state index in [9.17, 15) is 23.4 Å². The van der Waals surface area contributed by atoms with Crippen LogP contribution in [0.15, 0.2) is 30.7 Å². The second-order valence-electron chi connectivity index (χ2n) is 8.40. The van der Waals surface area contributed by atoms with Gasteiger partial charge in [-0.3, -0.25) is 0 Å². The molecule has 1 aliphatic heterocycles. The molecule has 2 aromatic heterocycles. The van der Waals surface area contributed by atoms with E-state index in [1.165, 1.54) is 12.4 Å². The maximum Gasteiger partial charge on any atom is 0.416 e. The first-order chi connectivity index (χ1) is 15.2. The third-order valence-electron chi connectivity index (χ3n) is 6.44. The highest BCUT2D eigenvalue weighted by Crippen LogP contribution is 2.40. The van der Waals surface area contributed by atoms with Crippen LogP contribution >= 0.6 is 0 Å². The third-order valence-corrected chi connectivity index (χ3v) is 6.44. The first kappa shape index (κ1) is 21.2. The average Bonchev–Trinajstić information content (AvgIpc) is 3.30. The van der Waals surface area contributed by atoms with Crippen molar-refractivity contribution in [3.8, 4) is 5.75 Å². The highest BCUT2D eigenvalue weighted by Gasteiger charge is 2.45. The van der Waals surface area contributed by atoms with Crippen molar-refractivity contribution in [3.05, 3.63) is 53.1 Å². The smallest absolute Gasteiger partial charge is 0.416 e. The number of rotatable bonds is 3. The number of nitrogens with one attached hydrogen (secondary N) is 1. The summed E-state index contributed by atoms with van der Waals surface area (Å²) >= 11 is 0. The summed E-state index contributed by atoms with van der Waals surface area (Å²) in [5.41, 5.74) is 1.87. The number of benzene rings is 1. The van der Waals surface area contributed by atoms with Gasteiger partial charge < -0.3 is 24.8 Å². The Bertz CT molecular complexity index is 1160. The maximum absolute atomic E-state index is 13.4. The lowest BCUT2D eigenvalue weighted by Crippen LogP contribution is -2.35. The van der Waals surface area contributed by atoms with Crippen LogP contribution in [0.1, 0.15) is 34.8 Å². The maximum atomic E-state index is 13.4. The molecule has 1 aliphatic carbocycles. The second-order valence-corrected chi connectivity index (χ2v) is 8.40. The average molecular weight is 448 g/mol. The van der Waals surface area contributed by atoms with Gasteiger partial charge in [0.25, 0.3) is 0 Å². The van der Waals surface area contributed by atoms with Gasteiger partial charge in [-0.25, -0.2) is 9.97 Å². The Kier molecular flexibility index (Phi) is 5.11. The minimum absolute atomic E-state index is 0.0921. The van der Waals surface area contributed by atoms with Gasteiger partial charge in [-0.15, -0.1) is 0 Å². The fourth-order valence-corrected chi connectivity index (χ4v) is 4.72. The van der Waals surface area contributed by atoms with E-state index in [1.54, 1.807) is 10.8 Å². The zero-order valence-electron chi connectivity index (χ0n) is 17.3. The van der Waals surface area contributed by atoms with Crippen molar-refractivity contribution in [2.24, 2.45) is 0 Å². The minimum atomic E-state index is -4.50. The Morgan fingerprint density at radius 2 is 2.00 bits per heavy atom. The highest BCUT2D eigenvalue weighted by atomic mass is 19.4. The molecule has 1 saturated carbocycles. The summed E-state index contributed by atoms with van der Waals surface area (Å²) in [7, 11) is 0. The summed E-state index contributed by atoms with van der Waals surface area (Å²) in [4.78, 5) is 8.46. The molecule has 10 heteroatoms. The standard InChI is InChI=1S/C22H23F3N4O3/c1-11-14-3-5-29(21(14)28-10-27-11)16-8-18(20(31)19(16)30)32-17-7-13(22(23,24)25)6-12-2-4-26-9-15(12)17/h3,5-7,10,16,18-20,26,30-31H,2,4,8-9H2,1H3. The van der Waals surface area contributed by atoms with Crippen LogP contribution in [0.3, 0.4) is 0 Å². The lowest BCUT2D eigenvalue weighted by atomic mass is 9.97. The number of halogens is 3. The predicted octanol–water partition coefficient (Wildman–Crippen LogP) is 2.52. The van der Waals surface area contributed by atoms with Crippen molar-refractivity contribution < 1.29 is 28.1 Å². The van der Waals surface area contributed by atoms with E-state index in [1.807, 2.05) is 13.0 Å². The van der Waals surface area contributed by atoms with Crippen molar-refractivity contribution >= 4 is 11.0 Å². The molecule has 4 unspecified atom stereocenters. The van der Waals surface area contributed by atoms with E-state index in [2.05, 4.69) is 15.3 Å². The molecule has 1 aromatic carbocycles. The molecule has 3 N–H and O–H groups in total. The van der Waals surface area contributed by atoms with Gasteiger partial charge in [0.1, 0.15) is 36.0 Å². The lowest BCUT2D eigenvalue weighted by Gasteiger charge is -2.25. The van der Waals surface area contributed by atoms with Crippen LogP contribution < -0.4 is 10.1 Å². The van der Waals surface area contributed by atoms with Crippen LogP contribution in [0.5, 0.6) is 5.75 Å². The number of alkyl halides is 3. The Morgan fingerprint density at radius 3 is 2.78 bits per heavy atom. The number of ether oxygens (including phenoxy) is 1. The molecule has 0 radical (unpaired) electrons. The third kappa shape index (κ3) is 3.52. The summed E-state index contributed by atoms with van der Waals surface area (Å²) in [5.74, 6) is 0.0921. The van der Waals surface area contributed by atoms with Gasteiger partial charge in [0.2, 0.25) is 0 Å². The second kappa shape index (κ2) is 7.72. The normalized spacial score (nSPS) is 25.8. The first-order valence-corrected chi connectivity index (χ1v) is 10.5. The Labute approximate surface area is 181 Å². The van der Waals surface area contributed by atoms with E-state index in [0.29, 0.717) is 36.3 Å². The monoisotopic (exact) mass is 448 g/mol. The number of aryl methyl sites for hydroxylation is 1. The molecule has 1 fully saturated rings. The molecule has 4 atom stereocenters. The van der Waals surface area contributed by atoms with Crippen molar-refractivity contribution in [2.45, 2.75) is 56.8 Å². The molecule has 0 bridgehead atoms. The minimum Gasteiger partial charge on any atom is -0.487 e. The van der Waals surface area contributed by atoms with E-state index < -0.39 is 36.1 Å². The number of aliphatic hydroxyl groups excluding tert-OH is 2. The molecule has 0 spiro atoms. The van der Waals surface area contributed by atoms with Gasteiger partial charge in [-0.05, 0) is 43.7 Å². The Balaban J connectivity index is 1.47. The van der Waals surface area contributed by atoms with Crippen molar-refractivity contribution in [1.29, 1.82) is 0 Å². The van der Waals surface area contributed by atoms with Crippen LogP contribution in [-0.2, 0) is 19.1 Å². The van der Waals surface area contributed by atoms with Gasteiger partial charge in [0, 0.05) is 30.1 Å². The van der Waals surface area contributed by atoms with Crippen LogP contribution in [0, 0.1) is 6.92 Å². The number of fused-ring (bicyclic) bond motifs is 2. The zero-order chi connectivity index (χ0) is 22.6. The van der Waals surface area contributed by atoms with Gasteiger partial charge in [-0.1, -0.05) is 0 Å². The number of hydrogen-bond acceptors (Lipinski definition) is 6. The summed E-state index contributed by atoms with van der Waals surface area (Å²) in [6.45, 7) is 2.82. The molecular formula is C22H23F3N4O3. The molecule has 3 heterocycles. The number of aliphatic hydroxyl groups is 2. The van der Waals surface area contributed by atoms with Crippen molar-refractivity contribution in [2.75, 3.05) is 6.54 Å². The lowest BCUT2D eigenvalue weighted by molar-refractivity contribution is -0.137. The molecule has 2 aliphatic rings. The van der Waals surface area contributed by atoms with Crippen LogP contribution in [0.4, 0.5) is 13.2 Å². The molecular weight excluding hydrogens is 425 g/mol. The molecule has 32 heavy (non-hydrogen) atoms. The van der Waals surface area contributed by atoms with E-state index in [-0.39, 0.29) is 12.2 Å². The number of nitrogens with zero attached hydrogens (tertiary/aromatic N) is 3. The summed E-state index contributed by atoms with van der Waals surface area (Å²) in [5, 5.41) is 25.4. The fourth-order valence-electron chi connectivity index (χ4n) is 4.72. The molecule has 7 nitrogen and oxygen atoms in total.